The van der Waals surface area contributed by atoms with Gasteiger partial charge in [-0.3, -0.25) is 4.79 Å². The van der Waals surface area contributed by atoms with Crippen LogP contribution in [0, 0.1) is 16.7 Å². The number of benzene rings is 1. The fraction of sp³-hybridized carbons (Fsp3) is 0.632. The molecule has 1 rings (SSSR count). The second-order valence-electron chi connectivity index (χ2n) is 8.10. The van der Waals surface area contributed by atoms with Gasteiger partial charge in [-0.15, -0.1) is 0 Å². The summed E-state index contributed by atoms with van der Waals surface area (Å²) in [7, 11) is 0. The fourth-order valence-corrected chi connectivity index (χ4v) is 2.66. The van der Waals surface area contributed by atoms with E-state index in [1.165, 1.54) is 5.56 Å². The van der Waals surface area contributed by atoms with Crippen molar-refractivity contribution in [1.82, 2.24) is 0 Å². The Bertz CT molecular complexity index is 417. The number of hydrogen-bond acceptors (Lipinski definition) is 1. The van der Waals surface area contributed by atoms with Gasteiger partial charge in [-0.2, -0.15) is 0 Å². The number of carbonyl (C=O) groups excluding carboxylic acids is 1. The summed E-state index contributed by atoms with van der Waals surface area (Å²) in [6.45, 7) is 12.8. The van der Waals surface area contributed by atoms with Crippen LogP contribution in [0.5, 0.6) is 0 Å². The van der Waals surface area contributed by atoms with E-state index >= 15 is 0 Å². The number of aryl methyl sites for hydroxylation is 1. The van der Waals surface area contributed by atoms with Gasteiger partial charge < -0.3 is 0 Å². The molecule has 112 valence electrons. The maximum absolute atomic E-state index is 12.7. The lowest BCUT2D eigenvalue weighted by Gasteiger charge is -2.30. The van der Waals surface area contributed by atoms with Crippen LogP contribution in [0.15, 0.2) is 30.3 Å². The number of rotatable bonds is 5. The maximum Gasteiger partial charge on any atom is 0.141 e. The maximum atomic E-state index is 12.7. The van der Waals surface area contributed by atoms with Crippen molar-refractivity contribution in [2.45, 2.75) is 60.8 Å². The van der Waals surface area contributed by atoms with E-state index in [0.29, 0.717) is 5.78 Å². The van der Waals surface area contributed by atoms with Gasteiger partial charge in [0.05, 0.1) is 0 Å². The third kappa shape index (κ3) is 5.90. The number of ketones is 1. The third-order valence-corrected chi connectivity index (χ3v) is 3.59. The van der Waals surface area contributed by atoms with Gasteiger partial charge in [0.15, 0.2) is 0 Å². The molecule has 0 heterocycles. The van der Waals surface area contributed by atoms with E-state index in [1.54, 1.807) is 0 Å². The lowest BCUT2D eigenvalue weighted by atomic mass is 9.74. The Hall–Kier alpha value is -1.11. The molecule has 1 aromatic carbocycles. The lowest BCUT2D eigenvalue weighted by molar-refractivity contribution is -0.131. The van der Waals surface area contributed by atoms with Crippen LogP contribution in [0.3, 0.4) is 0 Å². The van der Waals surface area contributed by atoms with E-state index in [1.807, 2.05) is 26.8 Å². The van der Waals surface area contributed by atoms with Crippen LogP contribution in [0.2, 0.25) is 0 Å². The van der Waals surface area contributed by atoms with Crippen molar-refractivity contribution < 1.29 is 4.79 Å². The molecule has 1 nitrogen and oxygen atoms in total. The molecule has 0 N–H and O–H groups in total. The molecule has 0 fully saturated rings. The molecule has 1 heteroatoms. The molecular weight excluding hydrogens is 244 g/mol. The minimum atomic E-state index is -0.243. The SMILES string of the molecule is CC(C)(C)C[C@@H](CCc1ccccc1)C(=O)C(C)(C)C. The van der Waals surface area contributed by atoms with Gasteiger partial charge in [-0.25, -0.2) is 0 Å². The second-order valence-corrected chi connectivity index (χ2v) is 8.10. The van der Waals surface area contributed by atoms with Crippen LogP contribution in [0.25, 0.3) is 0 Å². The van der Waals surface area contributed by atoms with Crippen molar-refractivity contribution >= 4 is 5.78 Å². The predicted molar refractivity (Wildman–Crippen MR) is 86.8 cm³/mol. The first kappa shape index (κ1) is 16.9. The summed E-state index contributed by atoms with van der Waals surface area (Å²) in [5.41, 5.74) is 1.28. The molecule has 1 aromatic rings. The molecule has 0 saturated carbocycles. The zero-order valence-electron chi connectivity index (χ0n) is 14.0. The molecule has 20 heavy (non-hydrogen) atoms. The van der Waals surface area contributed by atoms with E-state index in [2.05, 4.69) is 45.0 Å². The van der Waals surface area contributed by atoms with Crippen molar-refractivity contribution in [3.8, 4) is 0 Å². The first-order chi connectivity index (χ1) is 9.09. The molecule has 0 aliphatic carbocycles. The van der Waals surface area contributed by atoms with Crippen LogP contribution < -0.4 is 0 Å². The monoisotopic (exact) mass is 274 g/mol. The summed E-state index contributed by atoms with van der Waals surface area (Å²) in [5, 5.41) is 0. The smallest absolute Gasteiger partial charge is 0.141 e. The zero-order valence-corrected chi connectivity index (χ0v) is 14.0. The summed E-state index contributed by atoms with van der Waals surface area (Å²) >= 11 is 0. The summed E-state index contributed by atoms with van der Waals surface area (Å²) in [4.78, 5) is 12.7. The van der Waals surface area contributed by atoms with Crippen molar-refractivity contribution in [3.05, 3.63) is 35.9 Å². The van der Waals surface area contributed by atoms with Gasteiger partial charge in [0.25, 0.3) is 0 Å². The first-order valence-corrected chi connectivity index (χ1v) is 7.68. The molecule has 0 radical (unpaired) electrons. The Morgan fingerprint density at radius 2 is 1.55 bits per heavy atom. The van der Waals surface area contributed by atoms with E-state index in [-0.39, 0.29) is 16.7 Å². The molecule has 0 unspecified atom stereocenters. The Morgan fingerprint density at radius 1 is 1.00 bits per heavy atom. The average Bonchev–Trinajstić information content (AvgIpc) is 2.32. The topological polar surface area (TPSA) is 17.1 Å². The van der Waals surface area contributed by atoms with Crippen molar-refractivity contribution in [2.24, 2.45) is 16.7 Å². The largest absolute Gasteiger partial charge is 0.299 e. The molecule has 0 aliphatic heterocycles. The zero-order chi connectivity index (χ0) is 15.4. The van der Waals surface area contributed by atoms with Crippen molar-refractivity contribution in [1.29, 1.82) is 0 Å². The summed E-state index contributed by atoms with van der Waals surface area (Å²) < 4.78 is 0. The predicted octanol–water partition coefficient (Wildman–Crippen LogP) is 5.29. The second kappa shape index (κ2) is 6.56. The molecule has 0 saturated heterocycles. The van der Waals surface area contributed by atoms with E-state index in [0.717, 1.165) is 19.3 Å². The molecule has 0 aromatic heterocycles. The lowest BCUT2D eigenvalue weighted by Crippen LogP contribution is -2.31. The summed E-state index contributed by atoms with van der Waals surface area (Å²) in [6, 6.07) is 10.5. The van der Waals surface area contributed by atoms with Crippen molar-refractivity contribution in [3.63, 3.8) is 0 Å². The Labute approximate surface area is 124 Å². The third-order valence-electron chi connectivity index (χ3n) is 3.59. The quantitative estimate of drug-likeness (QED) is 0.713. The highest BCUT2D eigenvalue weighted by Gasteiger charge is 2.31. The average molecular weight is 274 g/mol. The van der Waals surface area contributed by atoms with E-state index < -0.39 is 0 Å². The molecule has 0 bridgehead atoms. The Morgan fingerprint density at radius 3 is 2.00 bits per heavy atom. The molecule has 0 amide bonds. The minimum absolute atomic E-state index is 0.162. The minimum Gasteiger partial charge on any atom is -0.299 e. The van der Waals surface area contributed by atoms with Crippen LogP contribution in [-0.4, -0.2) is 5.78 Å². The van der Waals surface area contributed by atoms with Crippen LogP contribution >= 0.6 is 0 Å². The summed E-state index contributed by atoms with van der Waals surface area (Å²) in [6.07, 6.45) is 2.91. The summed E-state index contributed by atoms with van der Waals surface area (Å²) in [5.74, 6) is 0.568. The van der Waals surface area contributed by atoms with Crippen LogP contribution in [0.4, 0.5) is 0 Å². The van der Waals surface area contributed by atoms with Gasteiger partial charge in [0.1, 0.15) is 5.78 Å². The molecule has 0 spiro atoms. The standard InChI is InChI=1S/C19H30O/c1-18(2,3)14-16(17(20)19(4,5)6)13-12-15-10-8-7-9-11-15/h7-11,16H,12-14H2,1-6H3/t16-/m1/s1. The van der Waals surface area contributed by atoms with Gasteiger partial charge in [-0.05, 0) is 30.2 Å². The van der Waals surface area contributed by atoms with E-state index in [9.17, 15) is 4.79 Å². The van der Waals surface area contributed by atoms with Gasteiger partial charge >= 0.3 is 0 Å². The number of Topliss-reactive ketones (excluding diaryl/α,β-unsaturated/α-hetero) is 1. The molecule has 1 atom stereocenters. The highest BCUT2D eigenvalue weighted by atomic mass is 16.1. The van der Waals surface area contributed by atoms with Gasteiger partial charge in [0.2, 0.25) is 0 Å². The van der Waals surface area contributed by atoms with Gasteiger partial charge in [-0.1, -0.05) is 71.9 Å². The first-order valence-electron chi connectivity index (χ1n) is 7.68. The Kier molecular flexibility index (Phi) is 5.56. The normalized spacial score (nSPS) is 14.1. The van der Waals surface area contributed by atoms with Gasteiger partial charge in [0, 0.05) is 11.3 Å². The fourth-order valence-electron chi connectivity index (χ4n) is 2.66. The van der Waals surface area contributed by atoms with Crippen LogP contribution in [0.1, 0.15) is 59.9 Å². The highest BCUT2D eigenvalue weighted by molar-refractivity contribution is 5.86. The van der Waals surface area contributed by atoms with Crippen molar-refractivity contribution in [2.75, 3.05) is 0 Å². The Balaban J connectivity index is 2.76. The molecular formula is C19H30O. The number of carbonyl (C=O) groups is 1. The molecule has 0 aliphatic rings. The number of hydrogen-bond donors (Lipinski definition) is 0. The highest BCUT2D eigenvalue weighted by Crippen LogP contribution is 2.32. The van der Waals surface area contributed by atoms with Crippen LogP contribution in [-0.2, 0) is 11.2 Å². The van der Waals surface area contributed by atoms with E-state index in [4.69, 9.17) is 0 Å².